The van der Waals surface area contributed by atoms with Crippen LogP contribution in [0, 0.1) is 0 Å². The predicted molar refractivity (Wildman–Crippen MR) is 95.8 cm³/mol. The summed E-state index contributed by atoms with van der Waals surface area (Å²) in [5, 5.41) is 11.6. The Balaban J connectivity index is 2.10. The fraction of sp³-hybridized carbons (Fsp3) is 0.105. The van der Waals surface area contributed by atoms with Gasteiger partial charge in [-0.15, -0.1) is 0 Å². The van der Waals surface area contributed by atoms with Crippen LogP contribution in [0.2, 0.25) is 5.02 Å². The summed E-state index contributed by atoms with van der Waals surface area (Å²) in [7, 11) is 2.81. The average Bonchev–Trinajstić information content (AvgIpc) is 3.08. The molecule has 3 aromatic rings. The lowest BCUT2D eigenvalue weighted by molar-refractivity contribution is 0.104. The summed E-state index contributed by atoms with van der Waals surface area (Å²) in [5.74, 6) is -0.457. The van der Waals surface area contributed by atoms with Crippen molar-refractivity contribution in [1.29, 1.82) is 0 Å². The molecular formula is C19H15ClO5. The number of hydrogen-bond donors (Lipinski definition) is 1. The number of aromatic hydroxyl groups is 1. The molecule has 0 radical (unpaired) electrons. The molecule has 0 amide bonds. The first-order valence-electron chi connectivity index (χ1n) is 7.39. The highest BCUT2D eigenvalue weighted by molar-refractivity contribution is 6.30. The third kappa shape index (κ3) is 3.06. The minimum absolute atomic E-state index is 0.00604. The second-order valence-corrected chi connectivity index (χ2v) is 5.64. The Labute approximate surface area is 149 Å². The quantitative estimate of drug-likeness (QED) is 0.528. The number of phenols is 1. The van der Waals surface area contributed by atoms with Gasteiger partial charge in [0.05, 0.1) is 25.9 Å². The Morgan fingerprint density at radius 2 is 1.96 bits per heavy atom. The van der Waals surface area contributed by atoms with Gasteiger partial charge in [-0.3, -0.25) is 4.79 Å². The number of rotatable bonds is 5. The van der Waals surface area contributed by atoms with Crippen molar-refractivity contribution in [3.8, 4) is 17.2 Å². The number of phenolic OH excluding ortho intramolecular Hbond substituents is 1. The number of benzene rings is 2. The Hall–Kier alpha value is -2.92. The fourth-order valence-corrected chi connectivity index (χ4v) is 2.82. The van der Waals surface area contributed by atoms with E-state index in [0.29, 0.717) is 16.0 Å². The van der Waals surface area contributed by atoms with Crippen LogP contribution in [0.5, 0.6) is 17.2 Å². The van der Waals surface area contributed by atoms with Crippen LogP contribution in [-0.2, 0) is 0 Å². The zero-order chi connectivity index (χ0) is 18.0. The van der Waals surface area contributed by atoms with Gasteiger partial charge in [0.25, 0.3) is 0 Å². The zero-order valence-electron chi connectivity index (χ0n) is 13.6. The predicted octanol–water partition coefficient (Wildman–Crippen LogP) is 4.71. The molecule has 1 aromatic heterocycles. The van der Waals surface area contributed by atoms with Gasteiger partial charge in [0.1, 0.15) is 11.3 Å². The molecule has 0 bridgehead atoms. The Morgan fingerprint density at radius 1 is 1.20 bits per heavy atom. The first-order chi connectivity index (χ1) is 12.1. The third-order valence-corrected chi connectivity index (χ3v) is 3.96. The molecule has 5 nitrogen and oxygen atoms in total. The van der Waals surface area contributed by atoms with Gasteiger partial charge in [-0.1, -0.05) is 29.8 Å². The van der Waals surface area contributed by atoms with Gasteiger partial charge in [0.2, 0.25) is 5.75 Å². The van der Waals surface area contributed by atoms with Crippen LogP contribution in [0.3, 0.4) is 0 Å². The zero-order valence-corrected chi connectivity index (χ0v) is 14.3. The standard InChI is InChI=1S/C19H15ClO5/c1-23-17-13-8-9-25-18(13)19(24-2)16(22)15(17)14(21)7-6-11-4-3-5-12(20)10-11/h3-10,22H,1-2H3. The van der Waals surface area contributed by atoms with E-state index in [2.05, 4.69) is 0 Å². The average molecular weight is 359 g/mol. The van der Waals surface area contributed by atoms with Gasteiger partial charge in [-0.05, 0) is 29.8 Å². The van der Waals surface area contributed by atoms with Crippen molar-refractivity contribution < 1.29 is 23.8 Å². The van der Waals surface area contributed by atoms with Gasteiger partial charge < -0.3 is 19.0 Å². The van der Waals surface area contributed by atoms with Crippen LogP contribution >= 0.6 is 11.6 Å². The van der Waals surface area contributed by atoms with E-state index in [1.165, 1.54) is 26.6 Å². The van der Waals surface area contributed by atoms with Gasteiger partial charge in [-0.25, -0.2) is 0 Å². The Morgan fingerprint density at radius 3 is 2.64 bits per heavy atom. The van der Waals surface area contributed by atoms with Crippen molar-refractivity contribution in [2.75, 3.05) is 14.2 Å². The molecule has 128 valence electrons. The SMILES string of the molecule is COc1c(C(=O)C=Cc2cccc(Cl)c2)c(O)c(OC)c2occc12. The van der Waals surface area contributed by atoms with Crippen molar-refractivity contribution in [1.82, 2.24) is 0 Å². The highest BCUT2D eigenvalue weighted by Gasteiger charge is 2.26. The van der Waals surface area contributed by atoms with Crippen molar-refractivity contribution in [3.63, 3.8) is 0 Å². The van der Waals surface area contributed by atoms with E-state index in [1.54, 1.807) is 30.3 Å². The first-order valence-corrected chi connectivity index (χ1v) is 7.76. The van der Waals surface area contributed by atoms with E-state index < -0.39 is 5.78 Å². The summed E-state index contributed by atoms with van der Waals surface area (Å²) in [6.07, 6.45) is 4.39. The van der Waals surface area contributed by atoms with Crippen molar-refractivity contribution >= 4 is 34.4 Å². The minimum atomic E-state index is -0.435. The summed E-state index contributed by atoms with van der Waals surface area (Å²) in [5.41, 5.74) is 1.08. The Kier molecular flexibility index (Phi) is 4.67. The molecule has 0 fully saturated rings. The number of methoxy groups -OCH3 is 2. The molecule has 0 aliphatic heterocycles. The molecule has 0 spiro atoms. The van der Waals surface area contributed by atoms with Crippen LogP contribution in [0.4, 0.5) is 0 Å². The van der Waals surface area contributed by atoms with E-state index in [1.807, 2.05) is 6.07 Å². The van der Waals surface area contributed by atoms with Gasteiger partial charge >= 0.3 is 0 Å². The molecule has 0 unspecified atom stereocenters. The molecule has 2 aromatic carbocycles. The number of allylic oxidation sites excluding steroid dienone is 1. The van der Waals surface area contributed by atoms with E-state index >= 15 is 0 Å². The maximum atomic E-state index is 12.7. The number of halogens is 1. The molecule has 6 heteroatoms. The lowest BCUT2D eigenvalue weighted by Gasteiger charge is -2.13. The summed E-state index contributed by atoms with van der Waals surface area (Å²) in [6, 6.07) is 8.71. The van der Waals surface area contributed by atoms with Crippen LogP contribution in [-0.4, -0.2) is 25.1 Å². The monoisotopic (exact) mass is 358 g/mol. The minimum Gasteiger partial charge on any atom is -0.504 e. The van der Waals surface area contributed by atoms with Crippen LogP contribution in [0.15, 0.2) is 47.1 Å². The number of ketones is 1. The van der Waals surface area contributed by atoms with E-state index in [4.69, 9.17) is 25.5 Å². The number of furan rings is 1. The smallest absolute Gasteiger partial charge is 0.205 e. The normalized spacial score (nSPS) is 11.2. The van der Waals surface area contributed by atoms with Crippen molar-refractivity contribution in [2.45, 2.75) is 0 Å². The second-order valence-electron chi connectivity index (χ2n) is 5.21. The summed E-state index contributed by atoms with van der Waals surface area (Å²) >= 11 is 5.94. The summed E-state index contributed by atoms with van der Waals surface area (Å²) < 4.78 is 15.9. The topological polar surface area (TPSA) is 68.9 Å². The van der Waals surface area contributed by atoms with Crippen molar-refractivity contribution in [2.24, 2.45) is 0 Å². The fourth-order valence-electron chi connectivity index (χ4n) is 2.62. The molecule has 0 aliphatic carbocycles. The highest BCUT2D eigenvalue weighted by atomic mass is 35.5. The molecule has 25 heavy (non-hydrogen) atoms. The van der Waals surface area contributed by atoms with Crippen LogP contribution < -0.4 is 9.47 Å². The van der Waals surface area contributed by atoms with Crippen LogP contribution in [0.25, 0.3) is 17.0 Å². The van der Waals surface area contributed by atoms with Gasteiger partial charge in [0, 0.05) is 5.02 Å². The third-order valence-electron chi connectivity index (χ3n) is 3.73. The van der Waals surface area contributed by atoms with Crippen LogP contribution in [0.1, 0.15) is 15.9 Å². The maximum absolute atomic E-state index is 12.7. The lowest BCUT2D eigenvalue weighted by Crippen LogP contribution is -2.02. The van der Waals surface area contributed by atoms with E-state index in [0.717, 1.165) is 5.56 Å². The molecule has 3 rings (SSSR count). The molecule has 0 saturated carbocycles. The summed E-state index contributed by atoms with van der Waals surface area (Å²) in [4.78, 5) is 12.7. The van der Waals surface area contributed by atoms with Gasteiger partial charge in [-0.2, -0.15) is 0 Å². The molecule has 0 aliphatic rings. The number of fused-ring (bicyclic) bond motifs is 1. The molecular weight excluding hydrogens is 344 g/mol. The van der Waals surface area contributed by atoms with Gasteiger partial charge in [0.15, 0.2) is 17.1 Å². The highest BCUT2D eigenvalue weighted by Crippen LogP contribution is 2.45. The Bertz CT molecular complexity index is 971. The number of ether oxygens (including phenoxy) is 2. The number of carbonyl (C=O) groups excluding carboxylic acids is 1. The largest absolute Gasteiger partial charge is 0.504 e. The van der Waals surface area contributed by atoms with Crippen molar-refractivity contribution in [3.05, 3.63) is 58.8 Å². The maximum Gasteiger partial charge on any atom is 0.205 e. The molecule has 0 atom stereocenters. The molecule has 0 saturated heterocycles. The summed E-state index contributed by atoms with van der Waals surface area (Å²) in [6.45, 7) is 0. The number of hydrogen-bond acceptors (Lipinski definition) is 5. The lowest BCUT2D eigenvalue weighted by atomic mass is 10.0. The first kappa shape index (κ1) is 16.9. The second kappa shape index (κ2) is 6.91. The number of carbonyl (C=O) groups is 1. The van der Waals surface area contributed by atoms with E-state index in [9.17, 15) is 9.90 Å². The van der Waals surface area contributed by atoms with E-state index in [-0.39, 0.29) is 22.8 Å². The molecule has 1 N–H and O–H groups in total. The molecule has 1 heterocycles.